The van der Waals surface area contributed by atoms with Crippen LogP contribution in [0.1, 0.15) is 43.4 Å². The summed E-state index contributed by atoms with van der Waals surface area (Å²) in [7, 11) is 4.53. The van der Waals surface area contributed by atoms with Crippen LogP contribution in [0.5, 0.6) is 17.2 Å². The molecule has 0 spiro atoms. The maximum Gasteiger partial charge on any atom is 0.262 e. The SMILES string of the molecule is COc1cc([C@@H]2[C@H](N3C(=O)c4ccccc4C3=O)C(=O)N2c2cc(C)cc(C)c2)cc(OC)c1OC. The first-order valence-electron chi connectivity index (χ1n) is 11.5. The van der Waals surface area contributed by atoms with Crippen molar-refractivity contribution >= 4 is 23.4 Å². The minimum Gasteiger partial charge on any atom is -0.493 e. The van der Waals surface area contributed by atoms with Crippen LogP contribution < -0.4 is 19.1 Å². The van der Waals surface area contributed by atoms with Gasteiger partial charge in [-0.2, -0.15) is 0 Å². The summed E-state index contributed by atoms with van der Waals surface area (Å²) in [6, 6.07) is 14.3. The third kappa shape index (κ3) is 3.40. The number of amides is 3. The normalized spacial score (nSPS) is 18.8. The van der Waals surface area contributed by atoms with Gasteiger partial charge in [0, 0.05) is 5.69 Å². The highest BCUT2D eigenvalue weighted by Gasteiger charge is 2.57. The van der Waals surface area contributed by atoms with E-state index in [2.05, 4.69) is 0 Å². The predicted octanol–water partition coefficient (Wildman–Crippen LogP) is 4.08. The molecule has 184 valence electrons. The Bertz CT molecular complexity index is 1330. The summed E-state index contributed by atoms with van der Waals surface area (Å²) in [6.45, 7) is 3.91. The van der Waals surface area contributed by atoms with Crippen LogP contribution in [0.4, 0.5) is 5.69 Å². The molecule has 8 nitrogen and oxygen atoms in total. The molecule has 1 saturated heterocycles. The molecule has 3 amide bonds. The lowest BCUT2D eigenvalue weighted by atomic mass is 9.85. The molecule has 1 fully saturated rings. The maximum absolute atomic E-state index is 13.7. The van der Waals surface area contributed by atoms with Crippen molar-refractivity contribution in [1.82, 2.24) is 4.90 Å². The van der Waals surface area contributed by atoms with E-state index in [1.807, 2.05) is 32.0 Å². The first-order valence-corrected chi connectivity index (χ1v) is 11.5. The number of anilines is 1. The van der Waals surface area contributed by atoms with Gasteiger partial charge in [0.2, 0.25) is 5.75 Å². The quantitative estimate of drug-likeness (QED) is 0.386. The van der Waals surface area contributed by atoms with Crippen molar-refractivity contribution in [2.45, 2.75) is 25.9 Å². The molecule has 2 heterocycles. The minimum atomic E-state index is -1.03. The third-order valence-corrected chi connectivity index (χ3v) is 6.68. The fourth-order valence-electron chi connectivity index (χ4n) is 5.17. The zero-order valence-corrected chi connectivity index (χ0v) is 20.7. The van der Waals surface area contributed by atoms with Gasteiger partial charge in [-0.1, -0.05) is 18.2 Å². The Labute approximate surface area is 209 Å². The molecule has 0 aliphatic carbocycles. The van der Waals surface area contributed by atoms with E-state index >= 15 is 0 Å². The number of ether oxygens (including phenoxy) is 3. The van der Waals surface area contributed by atoms with E-state index in [1.54, 1.807) is 41.3 Å². The van der Waals surface area contributed by atoms with Crippen LogP contribution in [0.25, 0.3) is 0 Å². The molecule has 5 rings (SSSR count). The molecule has 0 radical (unpaired) electrons. The highest BCUT2D eigenvalue weighted by molar-refractivity contribution is 6.24. The number of β-lactam (4-membered cyclic amide) rings is 1. The van der Waals surface area contributed by atoms with Crippen LogP contribution in [-0.2, 0) is 4.79 Å². The van der Waals surface area contributed by atoms with Crippen molar-refractivity contribution in [1.29, 1.82) is 0 Å². The Morgan fingerprint density at radius 3 is 1.67 bits per heavy atom. The molecule has 2 aliphatic rings. The van der Waals surface area contributed by atoms with Crippen LogP contribution >= 0.6 is 0 Å². The number of fused-ring (bicyclic) bond motifs is 1. The molecular weight excluding hydrogens is 460 g/mol. The number of carbonyl (C=O) groups excluding carboxylic acids is 3. The van der Waals surface area contributed by atoms with Crippen LogP contribution in [0, 0.1) is 13.8 Å². The molecule has 2 aliphatic heterocycles. The zero-order chi connectivity index (χ0) is 25.7. The number of carbonyl (C=O) groups is 3. The Kier molecular flexibility index (Phi) is 5.67. The highest BCUT2D eigenvalue weighted by Crippen LogP contribution is 2.48. The number of benzene rings is 3. The van der Waals surface area contributed by atoms with Crippen LogP contribution in [0.15, 0.2) is 54.6 Å². The minimum absolute atomic E-state index is 0.295. The van der Waals surface area contributed by atoms with Gasteiger partial charge in [-0.25, -0.2) is 0 Å². The summed E-state index contributed by atoms with van der Waals surface area (Å²) in [5, 5.41) is 0. The second kappa shape index (κ2) is 8.71. The highest BCUT2D eigenvalue weighted by atomic mass is 16.5. The van der Waals surface area contributed by atoms with E-state index < -0.39 is 23.9 Å². The van der Waals surface area contributed by atoms with Crippen LogP contribution in [-0.4, -0.2) is 50.0 Å². The van der Waals surface area contributed by atoms with E-state index in [9.17, 15) is 14.4 Å². The van der Waals surface area contributed by atoms with Crippen molar-refractivity contribution in [3.63, 3.8) is 0 Å². The van der Waals surface area contributed by atoms with Gasteiger partial charge in [0.25, 0.3) is 17.7 Å². The summed E-state index contributed by atoms with van der Waals surface area (Å²) in [4.78, 5) is 43.1. The smallest absolute Gasteiger partial charge is 0.262 e. The fourth-order valence-corrected chi connectivity index (χ4v) is 5.17. The summed E-state index contributed by atoms with van der Waals surface area (Å²) in [5.41, 5.74) is 3.90. The van der Waals surface area contributed by atoms with Gasteiger partial charge in [-0.15, -0.1) is 0 Å². The summed E-state index contributed by atoms with van der Waals surface area (Å²) < 4.78 is 16.5. The lowest BCUT2D eigenvalue weighted by Gasteiger charge is -2.50. The number of rotatable bonds is 6. The first kappa shape index (κ1) is 23.4. The number of methoxy groups -OCH3 is 3. The third-order valence-electron chi connectivity index (χ3n) is 6.68. The molecule has 8 heteroatoms. The van der Waals surface area contributed by atoms with Gasteiger partial charge in [-0.05, 0) is 66.9 Å². The maximum atomic E-state index is 13.7. The molecule has 0 N–H and O–H groups in total. The van der Waals surface area contributed by atoms with Gasteiger partial charge in [0.15, 0.2) is 11.5 Å². The number of hydrogen-bond acceptors (Lipinski definition) is 6. The number of aryl methyl sites for hydroxylation is 2. The number of nitrogens with zero attached hydrogens (tertiary/aromatic N) is 2. The molecule has 36 heavy (non-hydrogen) atoms. The van der Waals surface area contributed by atoms with Gasteiger partial charge in [-0.3, -0.25) is 19.3 Å². The van der Waals surface area contributed by atoms with E-state index in [0.717, 1.165) is 16.0 Å². The number of imide groups is 1. The topological polar surface area (TPSA) is 85.4 Å². The van der Waals surface area contributed by atoms with Gasteiger partial charge < -0.3 is 19.1 Å². The second-order valence-electron chi connectivity index (χ2n) is 8.93. The van der Waals surface area contributed by atoms with E-state index in [0.29, 0.717) is 39.6 Å². The average Bonchev–Trinajstić information content (AvgIpc) is 3.11. The Balaban J connectivity index is 1.67. The molecule has 2 atom stereocenters. The Hall–Kier alpha value is -4.33. The molecule has 0 aromatic heterocycles. The van der Waals surface area contributed by atoms with Gasteiger partial charge >= 0.3 is 0 Å². The van der Waals surface area contributed by atoms with Crippen LogP contribution in [0.3, 0.4) is 0 Å². The van der Waals surface area contributed by atoms with Gasteiger partial charge in [0.05, 0.1) is 38.5 Å². The predicted molar refractivity (Wildman–Crippen MR) is 133 cm³/mol. The van der Waals surface area contributed by atoms with E-state index in [-0.39, 0.29) is 5.91 Å². The summed E-state index contributed by atoms with van der Waals surface area (Å²) >= 11 is 0. The molecule has 3 aromatic rings. The molecule has 0 bridgehead atoms. The van der Waals surface area contributed by atoms with E-state index in [4.69, 9.17) is 14.2 Å². The van der Waals surface area contributed by atoms with Crippen molar-refractivity contribution in [3.8, 4) is 17.2 Å². The Morgan fingerprint density at radius 2 is 1.19 bits per heavy atom. The first-order chi connectivity index (χ1) is 17.3. The molecule has 0 unspecified atom stereocenters. The average molecular weight is 487 g/mol. The fraction of sp³-hybridized carbons (Fsp3) is 0.250. The monoisotopic (exact) mass is 486 g/mol. The molecule has 0 saturated carbocycles. The molecular formula is C28H26N2O6. The second-order valence-corrected chi connectivity index (χ2v) is 8.93. The van der Waals surface area contributed by atoms with E-state index in [1.165, 1.54) is 21.3 Å². The number of hydrogen-bond donors (Lipinski definition) is 0. The largest absolute Gasteiger partial charge is 0.493 e. The zero-order valence-electron chi connectivity index (χ0n) is 20.7. The van der Waals surface area contributed by atoms with Crippen molar-refractivity contribution in [3.05, 3.63) is 82.4 Å². The van der Waals surface area contributed by atoms with Gasteiger partial charge in [0.1, 0.15) is 6.04 Å². The summed E-state index contributed by atoms with van der Waals surface area (Å²) in [5.74, 6) is -0.0730. The lowest BCUT2D eigenvalue weighted by Crippen LogP contribution is -2.67. The van der Waals surface area contributed by atoms with Crippen molar-refractivity contribution < 1.29 is 28.6 Å². The van der Waals surface area contributed by atoms with Crippen molar-refractivity contribution in [2.75, 3.05) is 26.2 Å². The summed E-state index contributed by atoms with van der Waals surface area (Å²) in [6.07, 6.45) is 0. The molecule has 3 aromatic carbocycles. The van der Waals surface area contributed by atoms with Crippen LogP contribution in [0.2, 0.25) is 0 Å². The van der Waals surface area contributed by atoms with Crippen molar-refractivity contribution in [2.24, 2.45) is 0 Å². The lowest BCUT2D eigenvalue weighted by molar-refractivity contribution is -0.130. The Morgan fingerprint density at radius 1 is 0.667 bits per heavy atom. The standard InChI is InChI=1S/C28H26N2O6/c1-15-10-16(2)12-18(11-15)29-23(17-13-21(34-3)25(36-5)22(14-17)35-4)24(28(29)33)30-26(31)19-8-6-7-9-20(19)27(30)32/h6-14,23-24H,1-5H3/t23-,24+/m1/s1.